The third-order valence-electron chi connectivity index (χ3n) is 4.27. The fourth-order valence-corrected chi connectivity index (χ4v) is 3.51. The Balaban J connectivity index is 1.93. The first-order valence-corrected chi connectivity index (χ1v) is 8.03. The minimum absolute atomic E-state index is 0.0552. The van der Waals surface area contributed by atoms with Gasteiger partial charge in [0.05, 0.1) is 17.3 Å². The van der Waals surface area contributed by atoms with Crippen molar-refractivity contribution in [1.29, 1.82) is 0 Å². The smallest absolute Gasteiger partial charge is 0.0632 e. The molecule has 0 amide bonds. The second-order valence-corrected chi connectivity index (χ2v) is 6.46. The Morgan fingerprint density at radius 1 is 1.63 bits per heavy atom. The molecule has 1 aromatic heterocycles. The third-order valence-corrected chi connectivity index (χ3v) is 4.68. The van der Waals surface area contributed by atoms with E-state index in [9.17, 15) is 5.11 Å². The second-order valence-electron chi connectivity index (χ2n) is 5.54. The van der Waals surface area contributed by atoms with Crippen molar-refractivity contribution in [1.82, 2.24) is 15.1 Å². The molecule has 108 valence electrons. The number of aryl methyl sites for hydroxylation is 1. The largest absolute Gasteiger partial charge is 0.394 e. The molecule has 0 aliphatic heterocycles. The van der Waals surface area contributed by atoms with Crippen LogP contribution in [0.15, 0.2) is 16.9 Å². The molecular formula is C14H24BrN3O. The van der Waals surface area contributed by atoms with Gasteiger partial charge < -0.3 is 10.4 Å². The fraction of sp³-hybridized carbons (Fsp3) is 0.786. The van der Waals surface area contributed by atoms with Gasteiger partial charge in [0.15, 0.2) is 0 Å². The standard InChI is InChI=1S/C14H24BrN3O/c1-2-7-16-14(11-19)6-3-4-12(14)5-8-18-10-13(15)9-17-18/h9-10,12,16,19H,2-8,11H2,1H3. The molecule has 0 aromatic carbocycles. The third kappa shape index (κ3) is 3.58. The molecule has 19 heavy (non-hydrogen) atoms. The van der Waals surface area contributed by atoms with Gasteiger partial charge in [-0.05, 0) is 54.1 Å². The SMILES string of the molecule is CCCNC1(CO)CCCC1CCn1cc(Br)cn1. The van der Waals surface area contributed by atoms with Crippen molar-refractivity contribution < 1.29 is 5.11 Å². The van der Waals surface area contributed by atoms with Crippen LogP contribution in [0.3, 0.4) is 0 Å². The molecule has 2 N–H and O–H groups in total. The van der Waals surface area contributed by atoms with Crippen LogP contribution < -0.4 is 5.32 Å². The van der Waals surface area contributed by atoms with Crippen LogP contribution in [-0.2, 0) is 6.54 Å². The van der Waals surface area contributed by atoms with E-state index in [4.69, 9.17) is 0 Å². The van der Waals surface area contributed by atoms with Gasteiger partial charge in [-0.25, -0.2) is 0 Å². The Morgan fingerprint density at radius 2 is 2.47 bits per heavy atom. The summed E-state index contributed by atoms with van der Waals surface area (Å²) in [5.41, 5.74) is -0.0552. The van der Waals surface area contributed by atoms with Gasteiger partial charge in [0.25, 0.3) is 0 Å². The summed E-state index contributed by atoms with van der Waals surface area (Å²) >= 11 is 3.42. The number of aromatic nitrogens is 2. The monoisotopic (exact) mass is 329 g/mol. The Bertz CT molecular complexity index is 396. The first-order valence-electron chi connectivity index (χ1n) is 7.24. The van der Waals surface area contributed by atoms with Crippen LogP contribution in [0.25, 0.3) is 0 Å². The van der Waals surface area contributed by atoms with Gasteiger partial charge >= 0.3 is 0 Å². The zero-order valence-electron chi connectivity index (χ0n) is 11.6. The van der Waals surface area contributed by atoms with E-state index < -0.39 is 0 Å². The molecule has 2 rings (SSSR count). The number of halogens is 1. The van der Waals surface area contributed by atoms with Crippen molar-refractivity contribution in [2.75, 3.05) is 13.2 Å². The summed E-state index contributed by atoms with van der Waals surface area (Å²) in [6, 6.07) is 0. The van der Waals surface area contributed by atoms with Crippen molar-refractivity contribution in [3.8, 4) is 0 Å². The zero-order valence-corrected chi connectivity index (χ0v) is 13.2. The van der Waals surface area contributed by atoms with E-state index in [0.717, 1.165) is 36.8 Å². The topological polar surface area (TPSA) is 50.1 Å². The number of nitrogens with one attached hydrogen (secondary N) is 1. The van der Waals surface area contributed by atoms with Gasteiger partial charge in [0.1, 0.15) is 0 Å². The van der Waals surface area contributed by atoms with Gasteiger partial charge in [-0.3, -0.25) is 4.68 Å². The molecule has 1 heterocycles. The van der Waals surface area contributed by atoms with Crippen molar-refractivity contribution in [3.63, 3.8) is 0 Å². The molecule has 0 spiro atoms. The highest BCUT2D eigenvalue weighted by molar-refractivity contribution is 9.10. The van der Waals surface area contributed by atoms with Crippen LogP contribution in [0.2, 0.25) is 0 Å². The minimum Gasteiger partial charge on any atom is -0.394 e. The summed E-state index contributed by atoms with van der Waals surface area (Å²) in [4.78, 5) is 0. The van der Waals surface area contributed by atoms with E-state index in [1.807, 2.05) is 17.1 Å². The van der Waals surface area contributed by atoms with E-state index in [2.05, 4.69) is 33.3 Å². The molecule has 1 saturated carbocycles. The highest BCUT2D eigenvalue weighted by Crippen LogP contribution is 2.38. The number of aliphatic hydroxyl groups is 1. The average Bonchev–Trinajstić information content (AvgIpc) is 3.01. The molecule has 0 radical (unpaired) electrons. The van der Waals surface area contributed by atoms with E-state index in [1.54, 1.807) is 0 Å². The van der Waals surface area contributed by atoms with Gasteiger partial charge in [-0.2, -0.15) is 5.10 Å². The van der Waals surface area contributed by atoms with Crippen LogP contribution in [0.5, 0.6) is 0 Å². The van der Waals surface area contributed by atoms with Crippen LogP contribution >= 0.6 is 15.9 Å². The molecule has 2 unspecified atom stereocenters. The fourth-order valence-electron chi connectivity index (χ4n) is 3.18. The quantitative estimate of drug-likeness (QED) is 0.808. The van der Waals surface area contributed by atoms with Crippen LogP contribution in [-0.4, -0.2) is 33.6 Å². The second kappa shape index (κ2) is 6.86. The van der Waals surface area contributed by atoms with Crippen molar-refractivity contribution in [2.24, 2.45) is 5.92 Å². The van der Waals surface area contributed by atoms with E-state index in [0.29, 0.717) is 5.92 Å². The lowest BCUT2D eigenvalue weighted by Crippen LogP contribution is -2.51. The minimum atomic E-state index is -0.0552. The first kappa shape index (κ1) is 15.0. The number of hydrogen-bond donors (Lipinski definition) is 2. The van der Waals surface area contributed by atoms with Crippen molar-refractivity contribution in [3.05, 3.63) is 16.9 Å². The van der Waals surface area contributed by atoms with Gasteiger partial charge in [-0.1, -0.05) is 13.3 Å². The molecule has 5 heteroatoms. The molecule has 1 aliphatic rings. The summed E-state index contributed by atoms with van der Waals surface area (Å²) in [5.74, 6) is 0.548. The van der Waals surface area contributed by atoms with Crippen molar-refractivity contribution in [2.45, 2.75) is 51.1 Å². The summed E-state index contributed by atoms with van der Waals surface area (Å²) in [6.07, 6.45) is 9.53. The highest BCUT2D eigenvalue weighted by Gasteiger charge is 2.41. The average molecular weight is 330 g/mol. The normalized spacial score (nSPS) is 27.0. The van der Waals surface area contributed by atoms with Gasteiger partial charge in [0.2, 0.25) is 0 Å². The molecule has 1 fully saturated rings. The maximum absolute atomic E-state index is 9.82. The van der Waals surface area contributed by atoms with Gasteiger partial charge in [0, 0.05) is 18.3 Å². The Labute approximate surface area is 123 Å². The number of hydrogen-bond acceptors (Lipinski definition) is 3. The maximum Gasteiger partial charge on any atom is 0.0632 e. The zero-order chi connectivity index (χ0) is 13.7. The Kier molecular flexibility index (Phi) is 5.42. The number of rotatable bonds is 7. The van der Waals surface area contributed by atoms with E-state index in [1.165, 1.54) is 12.8 Å². The lowest BCUT2D eigenvalue weighted by molar-refractivity contribution is 0.116. The first-order chi connectivity index (χ1) is 9.20. The van der Waals surface area contributed by atoms with E-state index in [-0.39, 0.29) is 12.1 Å². The summed E-state index contributed by atoms with van der Waals surface area (Å²) in [6.45, 7) is 4.33. The van der Waals surface area contributed by atoms with E-state index >= 15 is 0 Å². The predicted octanol–water partition coefficient (Wildman–Crippen LogP) is 2.57. The number of nitrogens with zero attached hydrogens (tertiary/aromatic N) is 2. The summed E-state index contributed by atoms with van der Waals surface area (Å²) < 4.78 is 3.00. The summed E-state index contributed by atoms with van der Waals surface area (Å²) in [5, 5.41) is 17.7. The molecule has 0 bridgehead atoms. The molecule has 0 saturated heterocycles. The van der Waals surface area contributed by atoms with Crippen LogP contribution in [0.1, 0.15) is 39.0 Å². The Morgan fingerprint density at radius 3 is 3.11 bits per heavy atom. The molecule has 1 aromatic rings. The lowest BCUT2D eigenvalue weighted by Gasteiger charge is -2.35. The van der Waals surface area contributed by atoms with Crippen LogP contribution in [0.4, 0.5) is 0 Å². The maximum atomic E-state index is 9.82. The number of aliphatic hydroxyl groups excluding tert-OH is 1. The lowest BCUT2D eigenvalue weighted by atomic mass is 9.85. The predicted molar refractivity (Wildman–Crippen MR) is 80.0 cm³/mol. The summed E-state index contributed by atoms with van der Waals surface area (Å²) in [7, 11) is 0. The van der Waals surface area contributed by atoms with Crippen LogP contribution in [0, 0.1) is 5.92 Å². The molecule has 4 nitrogen and oxygen atoms in total. The Hall–Kier alpha value is -0.390. The molecule has 2 atom stereocenters. The molecular weight excluding hydrogens is 306 g/mol. The van der Waals surface area contributed by atoms with Crippen molar-refractivity contribution >= 4 is 15.9 Å². The molecule has 1 aliphatic carbocycles. The van der Waals surface area contributed by atoms with Gasteiger partial charge in [-0.15, -0.1) is 0 Å². The highest BCUT2D eigenvalue weighted by atomic mass is 79.9.